The van der Waals surface area contributed by atoms with E-state index in [1.165, 1.54) is 31.5 Å². The first kappa shape index (κ1) is 16.0. The highest BCUT2D eigenvalue weighted by molar-refractivity contribution is 5.78. The summed E-state index contributed by atoms with van der Waals surface area (Å²) in [6.45, 7) is 7.40. The van der Waals surface area contributed by atoms with Gasteiger partial charge >= 0.3 is 0 Å². The van der Waals surface area contributed by atoms with E-state index in [1.807, 2.05) is 6.07 Å². The van der Waals surface area contributed by atoms with E-state index in [4.69, 9.17) is 0 Å². The Morgan fingerprint density at radius 2 is 2.10 bits per heavy atom. The maximum Gasteiger partial charge on any atom is 0.227 e. The quantitative estimate of drug-likeness (QED) is 0.833. The molecular weight excluding hydrogens is 260 g/mol. The Hall–Kier alpha value is -1.35. The molecule has 2 aliphatic heterocycles. The number of carbonyl (C=O) groups is 1. The summed E-state index contributed by atoms with van der Waals surface area (Å²) in [4.78, 5) is 17.1. The molecule has 0 aliphatic carbocycles. The van der Waals surface area contributed by atoms with E-state index in [1.54, 1.807) is 0 Å². The van der Waals surface area contributed by atoms with Crippen molar-refractivity contribution in [3.8, 4) is 0 Å². The summed E-state index contributed by atoms with van der Waals surface area (Å²) >= 11 is 0. The summed E-state index contributed by atoms with van der Waals surface area (Å²) in [6, 6.07) is 8.30. The van der Waals surface area contributed by atoms with Crippen molar-refractivity contribution in [1.29, 1.82) is 0 Å². The molecule has 1 aromatic rings. The van der Waals surface area contributed by atoms with Crippen LogP contribution in [-0.2, 0) is 11.2 Å². The van der Waals surface area contributed by atoms with E-state index in [9.17, 15) is 4.79 Å². The molecule has 2 aliphatic rings. The molecule has 2 heterocycles. The maximum absolute atomic E-state index is 12.5. The molecule has 1 aromatic carbocycles. The second-order valence-corrected chi connectivity index (χ2v) is 6.31. The first-order valence-corrected chi connectivity index (χ1v) is 7.76. The predicted octanol–water partition coefficient (Wildman–Crippen LogP) is 2.42. The van der Waals surface area contributed by atoms with Gasteiger partial charge in [-0.1, -0.05) is 37.3 Å². The molecule has 2 radical (unpaired) electrons. The predicted molar refractivity (Wildman–Crippen MR) is 86.0 cm³/mol. The van der Waals surface area contributed by atoms with Crippen LogP contribution in [0.15, 0.2) is 24.3 Å². The molecular formula is C18H26N2O. The molecule has 2 saturated heterocycles. The van der Waals surface area contributed by atoms with E-state index in [-0.39, 0.29) is 7.43 Å². The second-order valence-electron chi connectivity index (χ2n) is 6.31. The molecule has 3 heteroatoms. The Morgan fingerprint density at radius 3 is 2.90 bits per heavy atom. The van der Waals surface area contributed by atoms with E-state index >= 15 is 0 Å². The van der Waals surface area contributed by atoms with E-state index < -0.39 is 0 Å². The normalized spacial score (nSPS) is 24.9. The number of benzene rings is 1. The molecule has 0 aromatic heterocycles. The number of nitrogens with zero attached hydrogens (tertiary/aromatic N) is 2. The first-order chi connectivity index (χ1) is 9.70. The van der Waals surface area contributed by atoms with Crippen LogP contribution in [0, 0.1) is 20.3 Å². The number of carbonyl (C=O) groups excluding carboxylic acids is 1. The number of fused-ring (bicyclic) bond motifs is 2. The van der Waals surface area contributed by atoms with Gasteiger partial charge in [0, 0.05) is 26.2 Å². The van der Waals surface area contributed by atoms with Crippen LogP contribution in [0.5, 0.6) is 0 Å². The van der Waals surface area contributed by atoms with Crippen LogP contribution in [-0.4, -0.2) is 48.4 Å². The first-order valence-electron chi connectivity index (χ1n) is 7.76. The zero-order valence-corrected chi connectivity index (χ0v) is 13.1. The van der Waals surface area contributed by atoms with Crippen LogP contribution in [0.25, 0.3) is 0 Å². The van der Waals surface area contributed by atoms with Gasteiger partial charge in [0.25, 0.3) is 0 Å². The molecule has 2 unspecified atom stereocenters. The van der Waals surface area contributed by atoms with Crippen LogP contribution in [0.1, 0.15) is 24.0 Å². The highest BCUT2D eigenvalue weighted by Crippen LogP contribution is 2.21. The lowest BCUT2D eigenvalue weighted by molar-refractivity contribution is -0.130. The van der Waals surface area contributed by atoms with Gasteiger partial charge in [0.05, 0.1) is 6.42 Å². The van der Waals surface area contributed by atoms with E-state index in [0.717, 1.165) is 25.2 Å². The van der Waals surface area contributed by atoms with Gasteiger partial charge in [-0.05, 0) is 37.8 Å². The fourth-order valence-electron chi connectivity index (χ4n) is 3.50. The number of rotatable bonds is 2. The molecule has 114 valence electrons. The molecule has 2 bridgehead atoms. The Balaban J connectivity index is 0.00000161. The number of amides is 1. The number of hydrogen-bond donors (Lipinski definition) is 0. The van der Waals surface area contributed by atoms with Crippen LogP contribution >= 0.6 is 0 Å². The SMILES string of the molecule is Cc1cccc(CC(=O)N2CCN3CCCC(C3)C2)c1.[CH2]. The molecule has 1 amide bonds. The Labute approximate surface area is 128 Å². The summed E-state index contributed by atoms with van der Waals surface area (Å²) in [5, 5.41) is 0. The number of hydrogen-bond acceptors (Lipinski definition) is 2. The van der Waals surface area contributed by atoms with Crippen LogP contribution < -0.4 is 0 Å². The van der Waals surface area contributed by atoms with Gasteiger partial charge in [0.1, 0.15) is 0 Å². The molecule has 21 heavy (non-hydrogen) atoms. The van der Waals surface area contributed by atoms with Gasteiger partial charge in [-0.2, -0.15) is 0 Å². The zero-order valence-electron chi connectivity index (χ0n) is 13.1. The smallest absolute Gasteiger partial charge is 0.227 e. The summed E-state index contributed by atoms with van der Waals surface area (Å²) in [5.74, 6) is 0.983. The standard InChI is InChI=1S/C17H24N2O.CH2/c1-14-4-2-5-15(10-14)11-17(20)19-9-8-18-7-3-6-16(12-18)13-19;/h2,4-5,10,16H,3,6-9,11-13H2,1H3;1H2. The third kappa shape index (κ3) is 4.07. The van der Waals surface area contributed by atoms with Crippen molar-refractivity contribution >= 4 is 5.91 Å². The summed E-state index contributed by atoms with van der Waals surface area (Å²) in [6.07, 6.45) is 3.13. The minimum Gasteiger partial charge on any atom is -0.341 e. The lowest BCUT2D eigenvalue weighted by Gasteiger charge is -2.29. The minimum absolute atomic E-state index is 0. The van der Waals surface area contributed by atoms with E-state index in [0.29, 0.717) is 18.2 Å². The molecule has 2 fully saturated rings. The average Bonchev–Trinajstić information content (AvgIpc) is 2.57. The highest BCUT2D eigenvalue weighted by atomic mass is 16.2. The third-order valence-corrected chi connectivity index (χ3v) is 4.56. The van der Waals surface area contributed by atoms with Crippen LogP contribution in [0.4, 0.5) is 0 Å². The molecule has 0 saturated carbocycles. The van der Waals surface area contributed by atoms with Gasteiger partial charge in [-0.3, -0.25) is 4.79 Å². The van der Waals surface area contributed by atoms with Gasteiger partial charge < -0.3 is 9.80 Å². The Bertz CT molecular complexity index is 486. The lowest BCUT2D eigenvalue weighted by atomic mass is 9.98. The Morgan fingerprint density at radius 1 is 1.24 bits per heavy atom. The largest absolute Gasteiger partial charge is 0.341 e. The van der Waals surface area contributed by atoms with Gasteiger partial charge in [0.15, 0.2) is 0 Å². The van der Waals surface area contributed by atoms with Crippen molar-refractivity contribution in [1.82, 2.24) is 9.80 Å². The van der Waals surface area contributed by atoms with Crippen molar-refractivity contribution in [2.24, 2.45) is 5.92 Å². The van der Waals surface area contributed by atoms with Gasteiger partial charge in [-0.15, -0.1) is 0 Å². The molecule has 0 spiro atoms. The fourth-order valence-corrected chi connectivity index (χ4v) is 3.50. The van der Waals surface area contributed by atoms with E-state index in [2.05, 4.69) is 34.9 Å². The zero-order chi connectivity index (χ0) is 13.9. The number of aryl methyl sites for hydroxylation is 1. The minimum atomic E-state index is 0. The summed E-state index contributed by atoms with van der Waals surface area (Å²) in [5.41, 5.74) is 2.37. The van der Waals surface area contributed by atoms with Crippen molar-refractivity contribution in [2.75, 3.05) is 32.7 Å². The lowest BCUT2D eigenvalue weighted by Crippen LogP contribution is -2.36. The van der Waals surface area contributed by atoms with Crippen molar-refractivity contribution in [3.63, 3.8) is 0 Å². The number of piperidine rings is 1. The molecule has 3 rings (SSSR count). The van der Waals surface area contributed by atoms with Gasteiger partial charge in [-0.25, -0.2) is 0 Å². The summed E-state index contributed by atoms with van der Waals surface area (Å²) in [7, 11) is 0. The molecule has 2 atom stereocenters. The van der Waals surface area contributed by atoms with Crippen molar-refractivity contribution in [3.05, 3.63) is 42.8 Å². The van der Waals surface area contributed by atoms with Crippen molar-refractivity contribution < 1.29 is 4.79 Å². The van der Waals surface area contributed by atoms with Gasteiger partial charge in [0.2, 0.25) is 5.91 Å². The highest BCUT2D eigenvalue weighted by Gasteiger charge is 2.28. The van der Waals surface area contributed by atoms with Crippen LogP contribution in [0.3, 0.4) is 0 Å². The van der Waals surface area contributed by atoms with Crippen LogP contribution in [0.2, 0.25) is 0 Å². The average molecular weight is 286 g/mol. The Kier molecular flexibility index (Phi) is 5.40. The third-order valence-electron chi connectivity index (χ3n) is 4.56. The second kappa shape index (κ2) is 7.08. The fraction of sp³-hybridized carbons (Fsp3) is 0.556. The monoisotopic (exact) mass is 286 g/mol. The molecule has 0 N–H and O–H groups in total. The van der Waals surface area contributed by atoms with Crippen molar-refractivity contribution in [2.45, 2.75) is 26.2 Å². The topological polar surface area (TPSA) is 23.6 Å². The maximum atomic E-state index is 12.5. The molecule has 3 nitrogen and oxygen atoms in total. The summed E-state index contributed by atoms with van der Waals surface area (Å²) < 4.78 is 0.